The summed E-state index contributed by atoms with van der Waals surface area (Å²) < 4.78 is 13.0. The highest BCUT2D eigenvalue weighted by Gasteiger charge is 2.37. The van der Waals surface area contributed by atoms with Crippen LogP contribution in [0, 0.1) is 5.82 Å². The van der Waals surface area contributed by atoms with Crippen LogP contribution in [0.5, 0.6) is 0 Å². The third kappa shape index (κ3) is 5.13. The number of benzene rings is 1. The van der Waals surface area contributed by atoms with Gasteiger partial charge in [-0.25, -0.2) is 9.18 Å². The van der Waals surface area contributed by atoms with Gasteiger partial charge in [-0.1, -0.05) is 12.1 Å². The van der Waals surface area contributed by atoms with Crippen LogP contribution in [0.4, 0.5) is 9.18 Å². The van der Waals surface area contributed by atoms with Crippen molar-refractivity contribution in [3.63, 3.8) is 0 Å². The van der Waals surface area contributed by atoms with Gasteiger partial charge in [0.15, 0.2) is 0 Å². The second-order valence-corrected chi connectivity index (χ2v) is 6.97. The van der Waals surface area contributed by atoms with Crippen molar-refractivity contribution < 1.29 is 18.8 Å². The molecule has 0 spiro atoms. The number of piperazine rings is 1. The zero-order chi connectivity index (χ0) is 19.4. The first-order chi connectivity index (χ1) is 13.0. The molecule has 2 heterocycles. The first-order valence-electron chi connectivity index (χ1n) is 9.29. The Bertz CT molecular complexity index is 708. The Kier molecular flexibility index (Phi) is 7.62. The maximum Gasteiger partial charge on any atom is 0.320 e. The summed E-state index contributed by atoms with van der Waals surface area (Å²) in [7, 11) is 0. The molecule has 0 aromatic heterocycles. The topological polar surface area (TPSA) is 73.0 Å². The Morgan fingerprint density at radius 3 is 2.25 bits per heavy atom. The molecule has 28 heavy (non-hydrogen) atoms. The molecule has 3 rings (SSSR count). The van der Waals surface area contributed by atoms with Crippen LogP contribution in [0.3, 0.4) is 0 Å². The van der Waals surface area contributed by atoms with Gasteiger partial charge in [-0.15, -0.1) is 12.4 Å². The molecule has 1 aromatic carbocycles. The average Bonchev–Trinajstić information content (AvgIpc) is 3.16. The predicted octanol–water partition coefficient (Wildman–Crippen LogP) is 1.61. The van der Waals surface area contributed by atoms with E-state index in [4.69, 9.17) is 0 Å². The van der Waals surface area contributed by atoms with Crippen LogP contribution >= 0.6 is 12.4 Å². The monoisotopic (exact) mass is 412 g/mol. The molecule has 2 aliphatic heterocycles. The van der Waals surface area contributed by atoms with Crippen molar-refractivity contribution in [2.24, 2.45) is 0 Å². The van der Waals surface area contributed by atoms with Gasteiger partial charge in [0, 0.05) is 46.2 Å². The molecule has 154 valence electrons. The van der Waals surface area contributed by atoms with Crippen LogP contribution in [0.2, 0.25) is 0 Å². The van der Waals surface area contributed by atoms with E-state index in [2.05, 4.69) is 5.32 Å². The number of hydrogen-bond donors (Lipinski definition) is 1. The summed E-state index contributed by atoms with van der Waals surface area (Å²) in [5.41, 5.74) is 0.806. The van der Waals surface area contributed by atoms with Gasteiger partial charge in [0.1, 0.15) is 11.9 Å². The van der Waals surface area contributed by atoms with Crippen molar-refractivity contribution in [1.29, 1.82) is 0 Å². The molecule has 0 saturated carbocycles. The minimum atomic E-state index is -0.483. The lowest BCUT2D eigenvalue weighted by Gasteiger charge is -2.37. The average molecular weight is 413 g/mol. The van der Waals surface area contributed by atoms with Gasteiger partial charge in [0.05, 0.1) is 0 Å². The molecular formula is C19H26ClFN4O3. The highest BCUT2D eigenvalue weighted by Crippen LogP contribution is 2.20. The van der Waals surface area contributed by atoms with Crippen LogP contribution in [0.1, 0.15) is 25.3 Å². The minimum absolute atomic E-state index is 0. The van der Waals surface area contributed by atoms with E-state index in [9.17, 15) is 18.8 Å². The van der Waals surface area contributed by atoms with E-state index in [1.165, 1.54) is 19.1 Å². The fraction of sp³-hybridized carbons (Fsp3) is 0.526. The molecule has 9 heteroatoms. The SMILES string of the molecule is CC(=O)N1CCN(C(=O)N2CCCC2C(=O)NCc2ccc(F)cc2)CC1.Cl. The predicted molar refractivity (Wildman–Crippen MR) is 104 cm³/mol. The minimum Gasteiger partial charge on any atom is -0.350 e. The van der Waals surface area contributed by atoms with Crippen molar-refractivity contribution in [2.45, 2.75) is 32.4 Å². The van der Waals surface area contributed by atoms with E-state index in [-0.39, 0.29) is 36.1 Å². The number of nitrogens with zero attached hydrogens (tertiary/aromatic N) is 3. The third-order valence-electron chi connectivity index (χ3n) is 5.18. The van der Waals surface area contributed by atoms with Gasteiger partial charge in [-0.2, -0.15) is 0 Å². The maximum atomic E-state index is 13.0. The largest absolute Gasteiger partial charge is 0.350 e. The molecule has 1 unspecified atom stereocenters. The Labute approximate surface area is 170 Å². The van der Waals surface area contributed by atoms with Crippen molar-refractivity contribution in [3.8, 4) is 0 Å². The molecular weight excluding hydrogens is 387 g/mol. The van der Waals surface area contributed by atoms with Crippen molar-refractivity contribution in [2.75, 3.05) is 32.7 Å². The number of nitrogens with one attached hydrogen (secondary N) is 1. The fourth-order valence-electron chi connectivity index (χ4n) is 3.57. The second kappa shape index (κ2) is 9.73. The quantitative estimate of drug-likeness (QED) is 0.819. The standard InChI is InChI=1S/C19H25FN4O3.ClH/c1-14(25)22-9-11-23(12-10-22)19(27)24-8-2-3-17(24)18(26)21-13-15-4-6-16(20)7-5-15;/h4-7,17H,2-3,8-13H2,1H3,(H,21,26);1H. The molecule has 0 aliphatic carbocycles. The molecule has 2 saturated heterocycles. The van der Waals surface area contributed by atoms with Gasteiger partial charge in [0.2, 0.25) is 11.8 Å². The first kappa shape index (κ1) is 21.9. The van der Waals surface area contributed by atoms with Gasteiger partial charge < -0.3 is 20.0 Å². The summed E-state index contributed by atoms with van der Waals surface area (Å²) in [6, 6.07) is 5.34. The fourth-order valence-corrected chi connectivity index (χ4v) is 3.57. The van der Waals surface area contributed by atoms with Gasteiger partial charge in [-0.3, -0.25) is 9.59 Å². The number of carbonyl (C=O) groups is 3. The number of rotatable bonds is 3. The number of urea groups is 1. The lowest BCUT2D eigenvalue weighted by atomic mass is 10.2. The molecule has 1 N–H and O–H groups in total. The van der Waals surface area contributed by atoms with Crippen LogP contribution in [0.25, 0.3) is 0 Å². The molecule has 1 aromatic rings. The Hall–Kier alpha value is -2.35. The molecule has 7 nitrogen and oxygen atoms in total. The van der Waals surface area contributed by atoms with E-state index in [0.29, 0.717) is 45.7 Å². The molecule has 0 bridgehead atoms. The van der Waals surface area contributed by atoms with E-state index in [1.54, 1.807) is 26.8 Å². The lowest BCUT2D eigenvalue weighted by molar-refractivity contribution is -0.130. The van der Waals surface area contributed by atoms with Crippen molar-refractivity contribution in [1.82, 2.24) is 20.0 Å². The number of carbonyl (C=O) groups excluding carboxylic acids is 3. The summed E-state index contributed by atoms with van der Waals surface area (Å²) in [6.07, 6.45) is 1.42. The third-order valence-corrected chi connectivity index (χ3v) is 5.18. The molecule has 2 fully saturated rings. The molecule has 2 aliphatic rings. The summed E-state index contributed by atoms with van der Waals surface area (Å²) in [5.74, 6) is -0.489. The van der Waals surface area contributed by atoms with E-state index in [1.807, 2.05) is 0 Å². The summed E-state index contributed by atoms with van der Waals surface area (Å²) in [6.45, 7) is 4.40. The van der Waals surface area contributed by atoms with Gasteiger partial charge in [-0.05, 0) is 30.5 Å². The van der Waals surface area contributed by atoms with E-state index < -0.39 is 6.04 Å². The summed E-state index contributed by atoms with van der Waals surface area (Å²) in [4.78, 5) is 41.9. The second-order valence-electron chi connectivity index (χ2n) is 6.97. The Morgan fingerprint density at radius 2 is 1.64 bits per heavy atom. The molecule has 1 atom stereocenters. The summed E-state index contributed by atoms with van der Waals surface area (Å²) in [5, 5.41) is 2.84. The van der Waals surface area contributed by atoms with E-state index in [0.717, 1.165) is 12.0 Å². The normalized spacial score (nSPS) is 19.2. The van der Waals surface area contributed by atoms with Gasteiger partial charge in [0.25, 0.3) is 0 Å². The first-order valence-corrected chi connectivity index (χ1v) is 9.29. The van der Waals surface area contributed by atoms with Crippen molar-refractivity contribution >= 4 is 30.3 Å². The highest BCUT2D eigenvalue weighted by molar-refractivity contribution is 5.87. The summed E-state index contributed by atoms with van der Waals surface area (Å²) >= 11 is 0. The smallest absolute Gasteiger partial charge is 0.320 e. The Balaban J connectivity index is 0.00000280. The van der Waals surface area contributed by atoms with Crippen LogP contribution in [-0.2, 0) is 16.1 Å². The molecule has 4 amide bonds. The molecule has 0 radical (unpaired) electrons. The highest BCUT2D eigenvalue weighted by atomic mass is 35.5. The lowest BCUT2D eigenvalue weighted by Crippen LogP contribution is -2.56. The van der Waals surface area contributed by atoms with Crippen LogP contribution < -0.4 is 5.32 Å². The zero-order valence-electron chi connectivity index (χ0n) is 15.9. The number of halogens is 2. The number of likely N-dealkylation sites (tertiary alicyclic amines) is 1. The van der Waals surface area contributed by atoms with Gasteiger partial charge >= 0.3 is 6.03 Å². The number of amides is 4. The maximum absolute atomic E-state index is 13.0. The Morgan fingerprint density at radius 1 is 1.04 bits per heavy atom. The van der Waals surface area contributed by atoms with E-state index >= 15 is 0 Å². The zero-order valence-corrected chi connectivity index (χ0v) is 16.7. The number of hydrogen-bond acceptors (Lipinski definition) is 3. The van der Waals surface area contributed by atoms with Crippen LogP contribution in [-0.4, -0.2) is 71.3 Å². The van der Waals surface area contributed by atoms with Crippen LogP contribution in [0.15, 0.2) is 24.3 Å². The van der Waals surface area contributed by atoms with Crippen molar-refractivity contribution in [3.05, 3.63) is 35.6 Å².